The molecule has 140 valence electrons. The molecule has 0 bridgehead atoms. The van der Waals surface area contributed by atoms with Crippen molar-refractivity contribution in [1.82, 2.24) is 9.80 Å². The molecule has 0 radical (unpaired) electrons. The number of carbonyl (C=O) groups excluding carboxylic acids is 1. The first-order valence-electron chi connectivity index (χ1n) is 7.76. The maximum Gasteiger partial charge on any atom is 0.243 e. The highest BCUT2D eigenvalue weighted by molar-refractivity contribution is 7.92. The first kappa shape index (κ1) is 19.5. The number of likely N-dealkylation sites (N-methyl/N-ethyl adjacent to an activating group) is 1. The van der Waals surface area contributed by atoms with E-state index in [0.29, 0.717) is 36.6 Å². The number of benzene rings is 1. The van der Waals surface area contributed by atoms with Crippen molar-refractivity contribution < 1.29 is 26.4 Å². The molecule has 1 aromatic carbocycles. The van der Waals surface area contributed by atoms with Crippen molar-refractivity contribution in [2.75, 3.05) is 49.8 Å². The van der Waals surface area contributed by atoms with Crippen LogP contribution in [0.3, 0.4) is 0 Å². The molecule has 25 heavy (non-hydrogen) atoms. The SMILES string of the molecule is CCN1CCN(C(=O)CN(c2ccc(F)c(F)c2F)S(C)(=O)=O)CC1. The van der Waals surface area contributed by atoms with Crippen LogP contribution in [0, 0.1) is 17.5 Å². The molecule has 0 atom stereocenters. The molecule has 2 rings (SSSR count). The highest BCUT2D eigenvalue weighted by Crippen LogP contribution is 2.25. The van der Waals surface area contributed by atoms with Crippen molar-refractivity contribution in [2.24, 2.45) is 0 Å². The van der Waals surface area contributed by atoms with Crippen molar-refractivity contribution >= 4 is 21.6 Å². The van der Waals surface area contributed by atoms with Gasteiger partial charge in [-0.2, -0.15) is 0 Å². The highest BCUT2D eigenvalue weighted by Gasteiger charge is 2.29. The summed E-state index contributed by atoms with van der Waals surface area (Å²) in [5, 5.41) is 0. The van der Waals surface area contributed by atoms with Crippen LogP contribution in [0.25, 0.3) is 0 Å². The first-order valence-corrected chi connectivity index (χ1v) is 9.61. The Hall–Kier alpha value is -1.81. The highest BCUT2D eigenvalue weighted by atomic mass is 32.2. The zero-order valence-corrected chi connectivity index (χ0v) is 14.8. The molecule has 10 heteroatoms. The Kier molecular flexibility index (Phi) is 5.94. The molecular weight excluding hydrogens is 359 g/mol. The third-order valence-electron chi connectivity index (χ3n) is 4.13. The van der Waals surface area contributed by atoms with Gasteiger partial charge in [0.15, 0.2) is 17.5 Å². The molecule has 1 fully saturated rings. The van der Waals surface area contributed by atoms with Gasteiger partial charge < -0.3 is 9.80 Å². The molecule has 1 heterocycles. The zero-order valence-electron chi connectivity index (χ0n) is 14.0. The number of hydrogen-bond donors (Lipinski definition) is 0. The van der Waals surface area contributed by atoms with Gasteiger partial charge in [-0.25, -0.2) is 21.6 Å². The summed E-state index contributed by atoms with van der Waals surface area (Å²) in [4.78, 5) is 16.0. The monoisotopic (exact) mass is 379 g/mol. The molecule has 0 N–H and O–H groups in total. The minimum Gasteiger partial charge on any atom is -0.339 e. The van der Waals surface area contributed by atoms with Crippen LogP contribution in [0.5, 0.6) is 0 Å². The lowest BCUT2D eigenvalue weighted by atomic mass is 10.2. The van der Waals surface area contributed by atoms with E-state index in [4.69, 9.17) is 0 Å². The topological polar surface area (TPSA) is 60.9 Å². The average Bonchev–Trinajstić information content (AvgIpc) is 2.57. The summed E-state index contributed by atoms with van der Waals surface area (Å²) in [6.45, 7) is 4.32. The zero-order chi connectivity index (χ0) is 18.8. The van der Waals surface area contributed by atoms with Crippen LogP contribution in [0.2, 0.25) is 0 Å². The number of anilines is 1. The van der Waals surface area contributed by atoms with Crippen molar-refractivity contribution in [3.63, 3.8) is 0 Å². The molecule has 6 nitrogen and oxygen atoms in total. The van der Waals surface area contributed by atoms with Crippen molar-refractivity contribution in [2.45, 2.75) is 6.92 Å². The summed E-state index contributed by atoms with van der Waals surface area (Å²) in [6, 6.07) is 1.42. The quantitative estimate of drug-likeness (QED) is 0.717. The number of amides is 1. The largest absolute Gasteiger partial charge is 0.339 e. The summed E-state index contributed by atoms with van der Waals surface area (Å²) in [6.07, 6.45) is 0.774. The molecule has 1 amide bonds. The number of piperazine rings is 1. The number of rotatable bonds is 5. The van der Waals surface area contributed by atoms with Crippen molar-refractivity contribution in [3.8, 4) is 0 Å². The Balaban J connectivity index is 2.23. The van der Waals surface area contributed by atoms with Gasteiger partial charge in [-0.05, 0) is 18.7 Å². The van der Waals surface area contributed by atoms with E-state index < -0.39 is 45.6 Å². The van der Waals surface area contributed by atoms with Gasteiger partial charge in [0.25, 0.3) is 0 Å². The summed E-state index contributed by atoms with van der Waals surface area (Å²) in [5.41, 5.74) is -0.693. The van der Waals surface area contributed by atoms with E-state index in [9.17, 15) is 26.4 Å². The lowest BCUT2D eigenvalue weighted by Gasteiger charge is -2.35. The Bertz CT molecular complexity index is 750. The lowest BCUT2D eigenvalue weighted by molar-refractivity contribution is -0.131. The van der Waals surface area contributed by atoms with Gasteiger partial charge in [-0.1, -0.05) is 6.92 Å². The van der Waals surface area contributed by atoms with Crippen molar-refractivity contribution in [1.29, 1.82) is 0 Å². The number of carbonyl (C=O) groups is 1. The summed E-state index contributed by atoms with van der Waals surface area (Å²) < 4.78 is 64.9. The standard InChI is InChI=1S/C15H20F3N3O3S/c1-3-19-6-8-20(9-7-19)13(22)10-21(25(2,23)24)12-5-4-11(16)14(17)15(12)18/h4-5H,3,6-10H2,1-2H3. The van der Waals surface area contributed by atoms with Gasteiger partial charge in [0.05, 0.1) is 11.9 Å². The van der Waals surface area contributed by atoms with Gasteiger partial charge in [0, 0.05) is 26.2 Å². The van der Waals surface area contributed by atoms with E-state index in [1.165, 1.54) is 4.90 Å². The second kappa shape index (κ2) is 7.61. The summed E-state index contributed by atoms with van der Waals surface area (Å²) >= 11 is 0. The van der Waals surface area contributed by atoms with Gasteiger partial charge in [-0.3, -0.25) is 9.10 Å². The van der Waals surface area contributed by atoms with Crippen LogP contribution in [-0.4, -0.2) is 69.6 Å². The fourth-order valence-corrected chi connectivity index (χ4v) is 3.47. The molecule has 0 aromatic heterocycles. The van der Waals surface area contributed by atoms with Crippen LogP contribution < -0.4 is 4.31 Å². The number of hydrogen-bond acceptors (Lipinski definition) is 4. The number of sulfonamides is 1. The van der Waals surface area contributed by atoms with Crippen LogP contribution >= 0.6 is 0 Å². The average molecular weight is 379 g/mol. The lowest BCUT2D eigenvalue weighted by Crippen LogP contribution is -2.51. The fraction of sp³-hybridized carbons (Fsp3) is 0.533. The molecule has 0 aliphatic carbocycles. The second-order valence-corrected chi connectivity index (χ2v) is 7.69. The Morgan fingerprint density at radius 3 is 2.24 bits per heavy atom. The molecule has 1 aliphatic heterocycles. The normalized spacial score (nSPS) is 16.1. The Morgan fingerprint density at radius 2 is 1.72 bits per heavy atom. The molecule has 0 unspecified atom stereocenters. The minimum atomic E-state index is -4.07. The number of nitrogens with zero attached hydrogens (tertiary/aromatic N) is 3. The van der Waals surface area contributed by atoms with Crippen LogP contribution in [-0.2, 0) is 14.8 Å². The molecular formula is C15H20F3N3O3S. The van der Waals surface area contributed by atoms with Gasteiger partial charge in [0.1, 0.15) is 6.54 Å². The van der Waals surface area contributed by atoms with E-state index in [1.54, 1.807) is 0 Å². The second-order valence-electron chi connectivity index (χ2n) is 5.78. The summed E-state index contributed by atoms with van der Waals surface area (Å²) in [5.74, 6) is -5.38. The molecule has 1 aromatic rings. The van der Waals surface area contributed by atoms with Gasteiger partial charge in [-0.15, -0.1) is 0 Å². The van der Waals surface area contributed by atoms with E-state index in [-0.39, 0.29) is 0 Å². The third kappa shape index (κ3) is 4.43. The Morgan fingerprint density at radius 1 is 1.12 bits per heavy atom. The van der Waals surface area contributed by atoms with E-state index in [2.05, 4.69) is 4.90 Å². The van der Waals surface area contributed by atoms with E-state index in [1.807, 2.05) is 6.92 Å². The third-order valence-corrected chi connectivity index (χ3v) is 5.26. The number of halogens is 3. The maximum absolute atomic E-state index is 14.0. The molecule has 0 spiro atoms. The Labute approximate surface area is 144 Å². The minimum absolute atomic E-state index is 0.421. The van der Waals surface area contributed by atoms with Crippen LogP contribution in [0.4, 0.5) is 18.9 Å². The maximum atomic E-state index is 14.0. The first-order chi connectivity index (χ1) is 11.6. The molecule has 1 aliphatic rings. The van der Waals surface area contributed by atoms with Crippen molar-refractivity contribution in [3.05, 3.63) is 29.6 Å². The smallest absolute Gasteiger partial charge is 0.243 e. The van der Waals surface area contributed by atoms with Crippen LogP contribution in [0.1, 0.15) is 6.92 Å². The van der Waals surface area contributed by atoms with E-state index in [0.717, 1.165) is 18.9 Å². The van der Waals surface area contributed by atoms with Crippen LogP contribution in [0.15, 0.2) is 12.1 Å². The fourth-order valence-electron chi connectivity index (χ4n) is 2.63. The van der Waals surface area contributed by atoms with Gasteiger partial charge >= 0.3 is 0 Å². The predicted molar refractivity (Wildman–Crippen MR) is 87.2 cm³/mol. The summed E-state index contributed by atoms with van der Waals surface area (Å²) in [7, 11) is -4.07. The molecule has 0 saturated carbocycles. The molecule has 1 saturated heterocycles. The predicted octanol–water partition coefficient (Wildman–Crippen LogP) is 1.03. The van der Waals surface area contributed by atoms with E-state index >= 15 is 0 Å². The van der Waals surface area contributed by atoms with Gasteiger partial charge in [0.2, 0.25) is 15.9 Å².